The lowest BCUT2D eigenvalue weighted by molar-refractivity contribution is -0.139. The van der Waals surface area contributed by atoms with Crippen LogP contribution in [0, 0.1) is 11.8 Å². The molecule has 3 nitrogen and oxygen atoms in total. The summed E-state index contributed by atoms with van der Waals surface area (Å²) in [7, 11) is 1.44. The number of ether oxygens (including phenoxy) is 1. The molecule has 0 saturated heterocycles. The highest BCUT2D eigenvalue weighted by molar-refractivity contribution is 5.71. The van der Waals surface area contributed by atoms with Gasteiger partial charge in [0.15, 0.2) is 0 Å². The van der Waals surface area contributed by atoms with Gasteiger partial charge < -0.3 is 10.1 Å². The largest absolute Gasteiger partial charge is 0.468 e. The smallest absolute Gasteiger partial charge is 0.319 e. The van der Waals surface area contributed by atoms with Gasteiger partial charge in [0.05, 0.1) is 13.7 Å². The van der Waals surface area contributed by atoms with Crippen molar-refractivity contribution in [2.75, 3.05) is 13.7 Å². The lowest BCUT2D eigenvalue weighted by Gasteiger charge is -2.22. The van der Waals surface area contributed by atoms with Crippen LogP contribution < -0.4 is 5.32 Å². The molecule has 0 aromatic heterocycles. The van der Waals surface area contributed by atoms with Crippen molar-refractivity contribution < 1.29 is 9.53 Å². The number of methoxy groups -OCH3 is 1. The highest BCUT2D eigenvalue weighted by atomic mass is 16.5. The molecular formula is C10H17NO2. The van der Waals surface area contributed by atoms with Crippen LogP contribution >= 0.6 is 0 Å². The number of rotatable bonds is 3. The molecule has 2 aliphatic carbocycles. The highest BCUT2D eigenvalue weighted by Crippen LogP contribution is 2.44. The predicted octanol–water partition coefficient (Wildman–Crippen LogP) is 0.938. The molecule has 0 radical (unpaired) electrons. The zero-order valence-electron chi connectivity index (χ0n) is 8.08. The van der Waals surface area contributed by atoms with Crippen LogP contribution in [0.1, 0.15) is 25.7 Å². The summed E-state index contributed by atoms with van der Waals surface area (Å²) in [6.07, 6.45) is 5.39. The van der Waals surface area contributed by atoms with Gasteiger partial charge in [0.1, 0.15) is 0 Å². The molecule has 2 bridgehead atoms. The Kier molecular flexibility index (Phi) is 2.54. The summed E-state index contributed by atoms with van der Waals surface area (Å²) < 4.78 is 4.59. The van der Waals surface area contributed by atoms with E-state index in [4.69, 9.17) is 0 Å². The van der Waals surface area contributed by atoms with Gasteiger partial charge in [-0.3, -0.25) is 4.79 Å². The fraction of sp³-hybridized carbons (Fsp3) is 0.900. The number of fused-ring (bicyclic) bond motifs is 2. The van der Waals surface area contributed by atoms with E-state index >= 15 is 0 Å². The average Bonchev–Trinajstić information content (AvgIpc) is 2.74. The van der Waals surface area contributed by atoms with Gasteiger partial charge in [0, 0.05) is 6.04 Å². The van der Waals surface area contributed by atoms with Crippen LogP contribution in [-0.2, 0) is 9.53 Å². The van der Waals surface area contributed by atoms with Crippen molar-refractivity contribution >= 4 is 5.97 Å². The monoisotopic (exact) mass is 183 g/mol. The first-order chi connectivity index (χ1) is 6.29. The summed E-state index contributed by atoms with van der Waals surface area (Å²) in [6.45, 7) is 0.379. The summed E-state index contributed by atoms with van der Waals surface area (Å²) in [5.74, 6) is 1.61. The third-order valence-corrected chi connectivity index (χ3v) is 3.47. The molecule has 3 atom stereocenters. The minimum absolute atomic E-state index is 0.150. The zero-order chi connectivity index (χ0) is 9.26. The normalized spacial score (nSPS) is 36.5. The van der Waals surface area contributed by atoms with E-state index < -0.39 is 0 Å². The second-order valence-corrected chi connectivity index (χ2v) is 4.24. The molecule has 74 valence electrons. The van der Waals surface area contributed by atoms with Crippen molar-refractivity contribution in [1.29, 1.82) is 0 Å². The van der Waals surface area contributed by atoms with Gasteiger partial charge in [-0.15, -0.1) is 0 Å². The standard InChI is InChI=1S/C10H17NO2/c1-13-10(12)6-11-9-5-7-2-3-8(9)4-7/h7-9,11H,2-6H2,1H3. The molecule has 0 amide bonds. The Bertz CT molecular complexity index is 205. The maximum atomic E-state index is 10.9. The van der Waals surface area contributed by atoms with Crippen molar-refractivity contribution in [2.24, 2.45) is 11.8 Å². The first-order valence-electron chi connectivity index (χ1n) is 5.10. The van der Waals surface area contributed by atoms with Crippen molar-refractivity contribution in [3.8, 4) is 0 Å². The minimum Gasteiger partial charge on any atom is -0.468 e. The third-order valence-electron chi connectivity index (χ3n) is 3.47. The van der Waals surface area contributed by atoms with Crippen molar-refractivity contribution in [3.05, 3.63) is 0 Å². The van der Waals surface area contributed by atoms with Gasteiger partial charge in [0.2, 0.25) is 0 Å². The van der Waals surface area contributed by atoms with Crippen molar-refractivity contribution in [1.82, 2.24) is 5.32 Å². The van der Waals surface area contributed by atoms with E-state index in [0.29, 0.717) is 12.6 Å². The number of esters is 1. The molecule has 3 heteroatoms. The van der Waals surface area contributed by atoms with Crippen LogP contribution in [0.3, 0.4) is 0 Å². The summed E-state index contributed by atoms with van der Waals surface area (Å²) >= 11 is 0. The van der Waals surface area contributed by atoms with Crippen LogP contribution in [0.4, 0.5) is 0 Å². The molecular weight excluding hydrogens is 166 g/mol. The Balaban J connectivity index is 1.74. The van der Waals surface area contributed by atoms with E-state index in [-0.39, 0.29) is 5.97 Å². The lowest BCUT2D eigenvalue weighted by atomic mass is 9.95. The summed E-state index contributed by atoms with van der Waals surface area (Å²) in [4.78, 5) is 10.9. The Morgan fingerprint density at radius 2 is 2.31 bits per heavy atom. The number of hydrogen-bond acceptors (Lipinski definition) is 3. The molecule has 13 heavy (non-hydrogen) atoms. The van der Waals surface area contributed by atoms with Crippen molar-refractivity contribution in [3.63, 3.8) is 0 Å². The van der Waals surface area contributed by atoms with Crippen LogP contribution in [0.2, 0.25) is 0 Å². The van der Waals surface area contributed by atoms with Crippen LogP contribution in [0.15, 0.2) is 0 Å². The first kappa shape index (κ1) is 9.00. The van der Waals surface area contributed by atoms with Gasteiger partial charge in [0.25, 0.3) is 0 Å². The third kappa shape index (κ3) is 1.85. The van der Waals surface area contributed by atoms with Gasteiger partial charge in [-0.2, -0.15) is 0 Å². The Morgan fingerprint density at radius 1 is 1.46 bits per heavy atom. The first-order valence-corrected chi connectivity index (χ1v) is 5.10. The SMILES string of the molecule is COC(=O)CNC1CC2CCC1C2. The van der Waals surface area contributed by atoms with E-state index in [0.717, 1.165) is 11.8 Å². The Morgan fingerprint density at radius 3 is 2.85 bits per heavy atom. The number of nitrogens with one attached hydrogen (secondary N) is 1. The highest BCUT2D eigenvalue weighted by Gasteiger charge is 2.39. The number of carbonyl (C=O) groups is 1. The molecule has 3 unspecified atom stereocenters. The second-order valence-electron chi connectivity index (χ2n) is 4.24. The summed E-state index contributed by atoms with van der Waals surface area (Å²) in [5, 5.41) is 3.29. The zero-order valence-corrected chi connectivity index (χ0v) is 8.08. The molecule has 2 rings (SSSR count). The molecule has 2 aliphatic rings. The molecule has 2 saturated carbocycles. The lowest BCUT2D eigenvalue weighted by Crippen LogP contribution is -2.37. The van der Waals surface area contributed by atoms with Crippen LogP contribution in [-0.4, -0.2) is 25.7 Å². The van der Waals surface area contributed by atoms with Gasteiger partial charge in [-0.25, -0.2) is 0 Å². The molecule has 0 spiro atoms. The van der Waals surface area contributed by atoms with E-state index in [1.54, 1.807) is 0 Å². The van der Waals surface area contributed by atoms with E-state index in [1.807, 2.05) is 0 Å². The molecule has 2 fully saturated rings. The summed E-state index contributed by atoms with van der Waals surface area (Å²) in [6, 6.07) is 0.581. The maximum Gasteiger partial charge on any atom is 0.319 e. The fourth-order valence-corrected chi connectivity index (χ4v) is 2.78. The maximum absolute atomic E-state index is 10.9. The molecule has 0 heterocycles. The quantitative estimate of drug-likeness (QED) is 0.662. The number of hydrogen-bond donors (Lipinski definition) is 1. The second kappa shape index (κ2) is 3.66. The van der Waals surface area contributed by atoms with Crippen LogP contribution in [0.5, 0.6) is 0 Å². The molecule has 0 aliphatic heterocycles. The van der Waals surface area contributed by atoms with Crippen LogP contribution in [0.25, 0.3) is 0 Å². The predicted molar refractivity (Wildman–Crippen MR) is 49.3 cm³/mol. The van der Waals surface area contributed by atoms with E-state index in [2.05, 4.69) is 10.1 Å². The Labute approximate surface area is 78.8 Å². The summed E-state index contributed by atoms with van der Waals surface area (Å²) in [5.41, 5.74) is 0. The van der Waals surface area contributed by atoms with Gasteiger partial charge in [-0.05, 0) is 31.1 Å². The molecule has 0 aromatic rings. The topological polar surface area (TPSA) is 38.3 Å². The molecule has 1 N–H and O–H groups in total. The van der Waals surface area contributed by atoms with Crippen molar-refractivity contribution in [2.45, 2.75) is 31.7 Å². The minimum atomic E-state index is -0.150. The van der Waals surface area contributed by atoms with Gasteiger partial charge in [-0.1, -0.05) is 6.42 Å². The van der Waals surface area contributed by atoms with E-state index in [9.17, 15) is 4.79 Å². The number of carbonyl (C=O) groups excluding carboxylic acids is 1. The van der Waals surface area contributed by atoms with E-state index in [1.165, 1.54) is 32.8 Å². The Hall–Kier alpha value is -0.570. The fourth-order valence-electron chi connectivity index (χ4n) is 2.78. The van der Waals surface area contributed by atoms with Gasteiger partial charge >= 0.3 is 5.97 Å². The average molecular weight is 183 g/mol. The molecule has 0 aromatic carbocycles.